The zero-order chi connectivity index (χ0) is 21.6. The second kappa shape index (κ2) is 10.4. The number of thiophene rings is 1. The Labute approximate surface area is 185 Å². The van der Waals surface area contributed by atoms with Gasteiger partial charge in [-0.2, -0.15) is 4.31 Å². The molecule has 0 radical (unpaired) electrons. The van der Waals surface area contributed by atoms with E-state index in [1.54, 1.807) is 41.8 Å². The summed E-state index contributed by atoms with van der Waals surface area (Å²) in [5, 5.41) is 7.49. The molecule has 30 heavy (non-hydrogen) atoms. The van der Waals surface area contributed by atoms with Crippen molar-refractivity contribution < 1.29 is 18.0 Å². The van der Waals surface area contributed by atoms with Crippen molar-refractivity contribution in [1.29, 1.82) is 0 Å². The van der Waals surface area contributed by atoms with E-state index in [1.807, 2.05) is 0 Å². The molecule has 0 aliphatic carbocycles. The van der Waals surface area contributed by atoms with Crippen molar-refractivity contribution in [3.05, 3.63) is 52.4 Å². The van der Waals surface area contributed by atoms with E-state index in [2.05, 4.69) is 10.6 Å². The van der Waals surface area contributed by atoms with E-state index in [4.69, 9.17) is 11.6 Å². The van der Waals surface area contributed by atoms with Crippen LogP contribution in [0.4, 0.5) is 0 Å². The van der Waals surface area contributed by atoms with Crippen LogP contribution in [0.2, 0.25) is 5.02 Å². The molecule has 1 fully saturated rings. The lowest BCUT2D eigenvalue weighted by atomic mass is 10.0. The van der Waals surface area contributed by atoms with Crippen LogP contribution in [0.25, 0.3) is 0 Å². The average Bonchev–Trinajstić information content (AvgIpc) is 3.29. The Balaban J connectivity index is 1.48. The zero-order valence-corrected chi connectivity index (χ0v) is 18.7. The van der Waals surface area contributed by atoms with E-state index >= 15 is 0 Å². The van der Waals surface area contributed by atoms with Gasteiger partial charge in [0.15, 0.2) is 0 Å². The minimum absolute atomic E-state index is 0.191. The third kappa shape index (κ3) is 5.81. The second-order valence-electron chi connectivity index (χ2n) is 7.05. The molecular weight excluding hydrogens is 446 g/mol. The van der Waals surface area contributed by atoms with Gasteiger partial charge in [-0.1, -0.05) is 36.2 Å². The fraction of sp³-hybridized carbons (Fsp3) is 0.400. The summed E-state index contributed by atoms with van der Waals surface area (Å²) in [6.07, 6.45) is 2.96. The van der Waals surface area contributed by atoms with E-state index in [0.717, 1.165) is 24.8 Å². The highest BCUT2D eigenvalue weighted by Crippen LogP contribution is 2.29. The first kappa shape index (κ1) is 22.7. The molecule has 1 aliphatic heterocycles. The molecule has 7 nitrogen and oxygen atoms in total. The molecule has 2 N–H and O–H groups in total. The number of piperidine rings is 1. The molecule has 1 aliphatic rings. The molecule has 10 heteroatoms. The van der Waals surface area contributed by atoms with Crippen LogP contribution in [0.1, 0.15) is 31.2 Å². The number of hydrogen-bond acceptors (Lipinski definition) is 5. The molecule has 0 unspecified atom stereocenters. The number of hydrogen-bond donors (Lipinski definition) is 2. The molecule has 1 atom stereocenters. The molecule has 0 saturated carbocycles. The Bertz CT molecular complexity index is 962. The number of carbonyl (C=O) groups excluding carboxylic acids is 2. The third-order valence-electron chi connectivity index (χ3n) is 4.97. The van der Waals surface area contributed by atoms with Crippen molar-refractivity contribution in [3.63, 3.8) is 0 Å². The molecule has 162 valence electrons. The Morgan fingerprint density at radius 2 is 1.83 bits per heavy atom. The number of nitrogens with one attached hydrogen (secondary N) is 2. The van der Waals surface area contributed by atoms with E-state index < -0.39 is 21.8 Å². The molecule has 1 aromatic heterocycles. The van der Waals surface area contributed by atoms with Crippen molar-refractivity contribution in [3.8, 4) is 0 Å². The van der Waals surface area contributed by atoms with Crippen molar-refractivity contribution in [2.75, 3.05) is 13.1 Å². The van der Waals surface area contributed by atoms with Gasteiger partial charge in [0.2, 0.25) is 0 Å². The summed E-state index contributed by atoms with van der Waals surface area (Å²) in [6.45, 7) is 0.924. The molecule has 1 saturated heterocycles. The summed E-state index contributed by atoms with van der Waals surface area (Å²) >= 11 is 7.02. The number of amides is 2. The van der Waals surface area contributed by atoms with Gasteiger partial charge >= 0.3 is 11.8 Å². The van der Waals surface area contributed by atoms with Gasteiger partial charge in [-0.05, 0) is 48.4 Å². The van der Waals surface area contributed by atoms with Crippen LogP contribution in [0.15, 0.2) is 46.0 Å². The highest BCUT2D eigenvalue weighted by Gasteiger charge is 2.33. The smallest absolute Gasteiger partial charge is 0.309 e. The fourth-order valence-electron chi connectivity index (χ4n) is 3.40. The summed E-state index contributed by atoms with van der Waals surface area (Å²) < 4.78 is 27.6. The van der Waals surface area contributed by atoms with Crippen molar-refractivity contribution in [1.82, 2.24) is 14.9 Å². The van der Waals surface area contributed by atoms with Crippen LogP contribution in [-0.4, -0.2) is 43.7 Å². The topological polar surface area (TPSA) is 95.6 Å². The van der Waals surface area contributed by atoms with Crippen LogP contribution in [0.3, 0.4) is 0 Å². The van der Waals surface area contributed by atoms with Crippen LogP contribution in [0.5, 0.6) is 0 Å². The van der Waals surface area contributed by atoms with Gasteiger partial charge in [0, 0.05) is 30.7 Å². The highest BCUT2D eigenvalue weighted by atomic mass is 35.5. The van der Waals surface area contributed by atoms with Crippen LogP contribution in [-0.2, 0) is 26.2 Å². The number of carbonyl (C=O) groups is 2. The number of rotatable bonds is 7. The van der Waals surface area contributed by atoms with Crippen LogP contribution < -0.4 is 10.6 Å². The number of nitrogens with zero attached hydrogens (tertiary/aromatic N) is 1. The van der Waals surface area contributed by atoms with E-state index in [-0.39, 0.29) is 19.1 Å². The minimum atomic E-state index is -3.53. The molecule has 1 aromatic carbocycles. The zero-order valence-electron chi connectivity index (χ0n) is 16.3. The lowest BCUT2D eigenvalue weighted by Gasteiger charge is -2.34. The lowest BCUT2D eigenvalue weighted by Crippen LogP contribution is -2.46. The van der Waals surface area contributed by atoms with Crippen LogP contribution in [0, 0.1) is 0 Å². The summed E-state index contributed by atoms with van der Waals surface area (Å²) in [5.41, 5.74) is 0.831. The molecule has 2 aromatic rings. The van der Waals surface area contributed by atoms with Crippen LogP contribution >= 0.6 is 22.9 Å². The predicted octanol–water partition coefficient (Wildman–Crippen LogP) is 2.77. The van der Waals surface area contributed by atoms with Crippen molar-refractivity contribution in [2.45, 2.75) is 42.5 Å². The maximum atomic E-state index is 12.9. The Kier molecular flexibility index (Phi) is 7.87. The minimum Gasteiger partial charge on any atom is -0.348 e. The molecule has 0 bridgehead atoms. The third-order valence-corrected chi connectivity index (χ3v) is 8.54. The fourth-order valence-corrected chi connectivity index (χ4v) is 6.37. The molecular formula is C20H24ClN3O4S2. The SMILES string of the molecule is O=C(NCC[C@H]1CCCCN1S(=O)(=O)c1cccs1)C(=O)NCc1ccc(Cl)cc1. The molecule has 0 spiro atoms. The van der Waals surface area contributed by atoms with Gasteiger partial charge in [-0.3, -0.25) is 9.59 Å². The quantitative estimate of drug-likeness (QED) is 0.609. The summed E-state index contributed by atoms with van der Waals surface area (Å²) in [7, 11) is -3.53. The van der Waals surface area contributed by atoms with Gasteiger partial charge in [0.05, 0.1) is 0 Å². The average molecular weight is 470 g/mol. The second-order valence-corrected chi connectivity index (χ2v) is 10.6. The van der Waals surface area contributed by atoms with E-state index in [0.29, 0.717) is 22.2 Å². The Morgan fingerprint density at radius 3 is 2.53 bits per heavy atom. The first-order chi connectivity index (χ1) is 14.4. The molecule has 2 heterocycles. The summed E-state index contributed by atoms with van der Waals surface area (Å²) in [6, 6.07) is 10.1. The lowest BCUT2D eigenvalue weighted by molar-refractivity contribution is -0.139. The first-order valence-electron chi connectivity index (χ1n) is 9.74. The summed E-state index contributed by atoms with van der Waals surface area (Å²) in [4.78, 5) is 24.0. The normalized spacial score (nSPS) is 17.4. The number of sulfonamides is 1. The monoisotopic (exact) mass is 469 g/mol. The maximum Gasteiger partial charge on any atom is 0.309 e. The Morgan fingerprint density at radius 1 is 1.10 bits per heavy atom. The van der Waals surface area contributed by atoms with E-state index in [9.17, 15) is 18.0 Å². The van der Waals surface area contributed by atoms with Crippen molar-refractivity contribution >= 4 is 44.8 Å². The van der Waals surface area contributed by atoms with Gasteiger partial charge in [-0.15, -0.1) is 11.3 Å². The van der Waals surface area contributed by atoms with Gasteiger partial charge < -0.3 is 10.6 Å². The molecule has 3 rings (SSSR count). The highest BCUT2D eigenvalue weighted by molar-refractivity contribution is 7.91. The predicted molar refractivity (Wildman–Crippen MR) is 117 cm³/mol. The largest absolute Gasteiger partial charge is 0.348 e. The number of benzene rings is 1. The standard InChI is InChI=1S/C20H24ClN3O4S2/c21-16-8-6-15(7-9-16)14-23-20(26)19(25)22-11-10-17-4-1-2-12-24(17)30(27,28)18-5-3-13-29-18/h3,5-9,13,17H,1-2,4,10-12,14H2,(H,22,25)(H,23,26)/t17-/m1/s1. The Hall–Kier alpha value is -1.94. The molecule has 2 amide bonds. The van der Waals surface area contributed by atoms with Gasteiger partial charge in [0.25, 0.3) is 10.0 Å². The first-order valence-corrected chi connectivity index (χ1v) is 12.4. The number of halogens is 1. The van der Waals surface area contributed by atoms with Gasteiger partial charge in [0.1, 0.15) is 4.21 Å². The summed E-state index contributed by atoms with van der Waals surface area (Å²) in [5.74, 6) is -1.45. The van der Waals surface area contributed by atoms with Gasteiger partial charge in [-0.25, -0.2) is 8.42 Å². The van der Waals surface area contributed by atoms with Crippen molar-refractivity contribution in [2.24, 2.45) is 0 Å². The van der Waals surface area contributed by atoms with E-state index in [1.165, 1.54) is 15.6 Å². The maximum absolute atomic E-state index is 12.9.